The van der Waals surface area contributed by atoms with Gasteiger partial charge < -0.3 is 5.32 Å². The van der Waals surface area contributed by atoms with Crippen molar-refractivity contribution in [3.63, 3.8) is 0 Å². The first-order valence-electron chi connectivity index (χ1n) is 9.44. The molecule has 3 rings (SSSR count). The highest BCUT2D eigenvalue weighted by Gasteiger charge is 2.13. The van der Waals surface area contributed by atoms with Gasteiger partial charge in [-0.25, -0.2) is 0 Å². The SMILES string of the molecule is CCc1cccc(CC)c1NC(=O)CSc1nnc(SCc2c(Cl)cccc2Cl)s1. The van der Waals surface area contributed by atoms with Gasteiger partial charge in [0.1, 0.15) is 0 Å². The normalized spacial score (nSPS) is 10.9. The maximum Gasteiger partial charge on any atom is 0.234 e. The minimum atomic E-state index is -0.0390. The molecule has 1 heterocycles. The molecular formula is C21H21Cl2N3OS3. The number of amides is 1. The molecular weight excluding hydrogens is 477 g/mol. The van der Waals surface area contributed by atoms with Crippen LogP contribution in [-0.4, -0.2) is 21.9 Å². The van der Waals surface area contributed by atoms with Crippen LogP contribution in [0.25, 0.3) is 0 Å². The molecule has 0 saturated heterocycles. The van der Waals surface area contributed by atoms with E-state index in [9.17, 15) is 4.79 Å². The van der Waals surface area contributed by atoms with Crippen LogP contribution < -0.4 is 5.32 Å². The Morgan fingerprint density at radius 2 is 1.53 bits per heavy atom. The average Bonchev–Trinajstić information content (AvgIpc) is 3.20. The summed E-state index contributed by atoms with van der Waals surface area (Å²) in [4.78, 5) is 12.5. The number of para-hydroxylation sites is 1. The van der Waals surface area contributed by atoms with Crippen LogP contribution >= 0.6 is 58.1 Å². The minimum Gasteiger partial charge on any atom is -0.325 e. The van der Waals surface area contributed by atoms with Crippen molar-refractivity contribution >= 4 is 69.7 Å². The van der Waals surface area contributed by atoms with Crippen LogP contribution in [0.4, 0.5) is 5.69 Å². The smallest absolute Gasteiger partial charge is 0.234 e. The molecule has 0 atom stereocenters. The molecule has 0 aliphatic carbocycles. The van der Waals surface area contributed by atoms with E-state index in [-0.39, 0.29) is 11.7 Å². The zero-order valence-corrected chi connectivity index (χ0v) is 20.5. The quantitative estimate of drug-likeness (QED) is 0.322. The highest BCUT2D eigenvalue weighted by molar-refractivity contribution is 8.03. The van der Waals surface area contributed by atoms with Gasteiger partial charge in [0, 0.05) is 21.5 Å². The molecule has 0 aliphatic heterocycles. The zero-order valence-electron chi connectivity index (χ0n) is 16.6. The van der Waals surface area contributed by atoms with Gasteiger partial charge >= 0.3 is 0 Å². The van der Waals surface area contributed by atoms with Gasteiger partial charge in [-0.2, -0.15) is 0 Å². The Morgan fingerprint density at radius 3 is 2.13 bits per heavy atom. The number of hydrogen-bond donors (Lipinski definition) is 1. The standard InChI is InChI=1S/C21H21Cl2N3OS3/c1-3-13-7-5-8-14(4-2)19(13)24-18(27)12-29-21-26-25-20(30-21)28-11-15-16(22)9-6-10-17(15)23/h5-10H,3-4,11-12H2,1-2H3,(H,24,27). The van der Waals surface area contributed by atoms with Crippen molar-refractivity contribution in [3.05, 3.63) is 63.1 Å². The first-order valence-corrected chi connectivity index (χ1v) is 13.0. The maximum absolute atomic E-state index is 12.5. The number of hydrogen-bond acceptors (Lipinski definition) is 6. The van der Waals surface area contributed by atoms with Gasteiger partial charge in [-0.15, -0.1) is 10.2 Å². The molecule has 30 heavy (non-hydrogen) atoms. The lowest BCUT2D eigenvalue weighted by atomic mass is 10.0. The molecule has 9 heteroatoms. The molecule has 4 nitrogen and oxygen atoms in total. The van der Waals surface area contributed by atoms with Gasteiger partial charge in [-0.05, 0) is 41.7 Å². The third-order valence-electron chi connectivity index (χ3n) is 4.38. The number of carbonyl (C=O) groups is 1. The Labute approximate surface area is 199 Å². The van der Waals surface area contributed by atoms with Crippen LogP contribution in [0.2, 0.25) is 10.0 Å². The minimum absolute atomic E-state index is 0.0390. The maximum atomic E-state index is 12.5. The summed E-state index contributed by atoms with van der Waals surface area (Å²) in [7, 11) is 0. The molecule has 0 unspecified atom stereocenters. The fourth-order valence-corrected chi connectivity index (χ4v) is 6.39. The van der Waals surface area contributed by atoms with Gasteiger partial charge in [0.2, 0.25) is 5.91 Å². The predicted octanol–water partition coefficient (Wildman–Crippen LogP) is 6.99. The number of nitrogens with one attached hydrogen (secondary N) is 1. The molecule has 158 valence electrons. The van der Waals surface area contributed by atoms with E-state index in [1.165, 1.54) is 34.9 Å². The van der Waals surface area contributed by atoms with Gasteiger partial charge in [-0.1, -0.05) is 96.2 Å². The van der Waals surface area contributed by atoms with Crippen LogP contribution in [-0.2, 0) is 23.4 Å². The second-order valence-electron chi connectivity index (χ2n) is 6.32. The number of aromatic nitrogens is 2. The summed E-state index contributed by atoms with van der Waals surface area (Å²) in [6, 6.07) is 11.6. The average molecular weight is 499 g/mol. The van der Waals surface area contributed by atoms with Crippen LogP contribution in [0.1, 0.15) is 30.5 Å². The number of rotatable bonds is 9. The fourth-order valence-electron chi connectivity index (χ4n) is 2.82. The summed E-state index contributed by atoms with van der Waals surface area (Å²) in [6.45, 7) is 4.19. The van der Waals surface area contributed by atoms with Crippen molar-refractivity contribution in [1.82, 2.24) is 10.2 Å². The number of anilines is 1. The molecule has 1 aromatic heterocycles. The Balaban J connectivity index is 1.55. The summed E-state index contributed by atoms with van der Waals surface area (Å²) in [5, 5.41) is 12.8. The molecule has 0 bridgehead atoms. The van der Waals surface area contributed by atoms with E-state index in [4.69, 9.17) is 23.2 Å². The largest absolute Gasteiger partial charge is 0.325 e. The van der Waals surface area contributed by atoms with E-state index < -0.39 is 0 Å². The molecule has 1 amide bonds. The van der Waals surface area contributed by atoms with E-state index in [0.29, 0.717) is 15.8 Å². The molecule has 0 saturated carbocycles. The van der Waals surface area contributed by atoms with Crippen molar-refractivity contribution in [2.75, 3.05) is 11.1 Å². The number of aryl methyl sites for hydroxylation is 2. The zero-order chi connectivity index (χ0) is 21.5. The topological polar surface area (TPSA) is 54.9 Å². The predicted molar refractivity (Wildman–Crippen MR) is 130 cm³/mol. The van der Waals surface area contributed by atoms with E-state index >= 15 is 0 Å². The third-order valence-corrected chi connectivity index (χ3v) is 8.30. The van der Waals surface area contributed by atoms with Gasteiger partial charge in [-0.3, -0.25) is 4.79 Å². The lowest BCUT2D eigenvalue weighted by Crippen LogP contribution is -2.16. The first-order chi connectivity index (χ1) is 14.5. The second kappa shape index (κ2) is 11.4. The lowest BCUT2D eigenvalue weighted by Gasteiger charge is -2.14. The Hall–Kier alpha value is -1.25. The van der Waals surface area contributed by atoms with E-state index in [1.54, 1.807) is 0 Å². The highest BCUT2D eigenvalue weighted by Crippen LogP contribution is 2.34. The first kappa shape index (κ1) is 23.4. The summed E-state index contributed by atoms with van der Waals surface area (Å²) in [5.41, 5.74) is 4.13. The molecule has 0 fully saturated rings. The van der Waals surface area contributed by atoms with Crippen LogP contribution in [0.15, 0.2) is 45.1 Å². The van der Waals surface area contributed by atoms with Crippen LogP contribution in [0.5, 0.6) is 0 Å². The molecule has 0 spiro atoms. The number of halogens is 2. The molecule has 1 N–H and O–H groups in total. The Kier molecular flexibility index (Phi) is 8.89. The summed E-state index contributed by atoms with van der Waals surface area (Å²) < 4.78 is 1.58. The second-order valence-corrected chi connectivity index (χ2v) is 10.6. The third kappa shape index (κ3) is 6.14. The van der Waals surface area contributed by atoms with Gasteiger partial charge in [0.25, 0.3) is 0 Å². The van der Waals surface area contributed by atoms with Crippen molar-refractivity contribution < 1.29 is 4.79 Å². The van der Waals surface area contributed by atoms with E-state index in [1.807, 2.05) is 24.3 Å². The Morgan fingerprint density at radius 1 is 0.967 bits per heavy atom. The van der Waals surface area contributed by atoms with Crippen molar-refractivity contribution in [2.24, 2.45) is 0 Å². The molecule has 2 aromatic carbocycles. The number of carbonyl (C=O) groups excluding carboxylic acids is 1. The summed E-state index contributed by atoms with van der Waals surface area (Å²) >= 11 is 16.8. The molecule has 0 aliphatic rings. The number of nitrogens with zero attached hydrogens (tertiary/aromatic N) is 2. The van der Waals surface area contributed by atoms with Crippen molar-refractivity contribution in [1.29, 1.82) is 0 Å². The number of thioether (sulfide) groups is 2. The fraction of sp³-hybridized carbons (Fsp3) is 0.286. The van der Waals surface area contributed by atoms with Crippen molar-refractivity contribution in [3.8, 4) is 0 Å². The Bertz CT molecular complexity index is 984. The summed E-state index contributed by atoms with van der Waals surface area (Å²) in [6.07, 6.45) is 1.76. The van der Waals surface area contributed by atoms with E-state index in [2.05, 4.69) is 41.5 Å². The highest BCUT2D eigenvalue weighted by atomic mass is 35.5. The molecule has 3 aromatic rings. The lowest BCUT2D eigenvalue weighted by molar-refractivity contribution is -0.113. The van der Waals surface area contributed by atoms with Crippen LogP contribution in [0, 0.1) is 0 Å². The van der Waals surface area contributed by atoms with Crippen molar-refractivity contribution in [2.45, 2.75) is 41.1 Å². The molecule has 0 radical (unpaired) electrons. The summed E-state index contributed by atoms with van der Waals surface area (Å²) in [5.74, 6) is 0.866. The monoisotopic (exact) mass is 497 g/mol. The van der Waals surface area contributed by atoms with Gasteiger partial charge in [0.05, 0.1) is 5.75 Å². The van der Waals surface area contributed by atoms with E-state index in [0.717, 1.165) is 43.9 Å². The van der Waals surface area contributed by atoms with Crippen LogP contribution in [0.3, 0.4) is 0 Å². The number of benzene rings is 2. The van der Waals surface area contributed by atoms with Gasteiger partial charge in [0.15, 0.2) is 8.68 Å².